The van der Waals surface area contributed by atoms with Crippen LogP contribution >= 0.6 is 11.8 Å². The van der Waals surface area contributed by atoms with E-state index in [0.717, 1.165) is 5.01 Å². The number of carbonyl (C=O) groups is 3. The third-order valence-corrected chi connectivity index (χ3v) is 2.97. The maximum absolute atomic E-state index is 11.7. The largest absolute Gasteiger partial charge is 0.307 e. The molecule has 0 unspecified atom stereocenters. The Balaban J connectivity index is 2.51. The van der Waals surface area contributed by atoms with Gasteiger partial charge >= 0.3 is 5.24 Å². The highest BCUT2D eigenvalue weighted by Crippen LogP contribution is 2.21. The quantitative estimate of drug-likeness (QED) is 0.736. The first-order valence-corrected chi connectivity index (χ1v) is 5.31. The van der Waals surface area contributed by atoms with Gasteiger partial charge in [-0.05, 0) is 12.1 Å². The first kappa shape index (κ1) is 10.7. The Morgan fingerprint density at radius 1 is 1.12 bits per heavy atom. The van der Waals surface area contributed by atoms with Gasteiger partial charge in [0.2, 0.25) is 5.12 Å². The third-order valence-electron chi connectivity index (χ3n) is 2.11. The summed E-state index contributed by atoms with van der Waals surface area (Å²) in [5.74, 6) is -0.458. The summed E-state index contributed by atoms with van der Waals surface area (Å²) in [5.41, 5.74) is 2.91. The molecule has 1 heterocycles. The summed E-state index contributed by atoms with van der Waals surface area (Å²) in [6, 6.07) is 6.40. The lowest BCUT2D eigenvalue weighted by molar-refractivity contribution is 0.0860. The van der Waals surface area contributed by atoms with Crippen molar-refractivity contribution in [3.8, 4) is 0 Å². The molecule has 0 aromatic heterocycles. The van der Waals surface area contributed by atoms with Gasteiger partial charge < -0.3 is 0 Å². The number of amides is 2. The monoisotopic (exact) mass is 236 g/mol. The molecule has 1 aromatic carbocycles. The van der Waals surface area contributed by atoms with Crippen LogP contribution in [-0.4, -0.2) is 28.3 Å². The van der Waals surface area contributed by atoms with Gasteiger partial charge in [0.05, 0.1) is 5.56 Å². The molecule has 0 saturated heterocycles. The number of rotatable bonds is 0. The average molecular weight is 236 g/mol. The van der Waals surface area contributed by atoms with Crippen molar-refractivity contribution < 1.29 is 14.4 Å². The van der Waals surface area contributed by atoms with Gasteiger partial charge in [0.15, 0.2) is 0 Å². The van der Waals surface area contributed by atoms with E-state index < -0.39 is 16.3 Å². The Hall–Kier alpha value is -1.82. The number of hydrogen-bond acceptors (Lipinski definition) is 4. The highest BCUT2D eigenvalue weighted by atomic mass is 32.2. The van der Waals surface area contributed by atoms with Crippen LogP contribution in [0.5, 0.6) is 0 Å². The van der Waals surface area contributed by atoms with Crippen LogP contribution in [0.25, 0.3) is 0 Å². The van der Waals surface area contributed by atoms with Crippen LogP contribution in [-0.2, 0) is 0 Å². The minimum Gasteiger partial charge on any atom is -0.281 e. The van der Waals surface area contributed by atoms with Crippen molar-refractivity contribution in [2.45, 2.75) is 0 Å². The summed E-state index contributed by atoms with van der Waals surface area (Å²) < 4.78 is 0. The molecule has 1 aliphatic heterocycles. The van der Waals surface area contributed by atoms with Gasteiger partial charge in [0.25, 0.3) is 5.91 Å². The number of hydrazine groups is 1. The number of fused-ring (bicyclic) bond motifs is 1. The molecule has 5 nitrogen and oxygen atoms in total. The molecule has 6 heteroatoms. The predicted octanol–water partition coefficient (Wildman–Crippen LogP) is 1.27. The third kappa shape index (κ3) is 1.79. The molecule has 2 amide bonds. The summed E-state index contributed by atoms with van der Waals surface area (Å²) in [4.78, 5) is 34.8. The van der Waals surface area contributed by atoms with Gasteiger partial charge in [-0.3, -0.25) is 19.8 Å². The number of benzene rings is 1. The van der Waals surface area contributed by atoms with Crippen LogP contribution in [0.4, 0.5) is 4.79 Å². The maximum atomic E-state index is 11.7. The van der Waals surface area contributed by atoms with E-state index in [1.54, 1.807) is 18.2 Å². The maximum Gasteiger partial charge on any atom is 0.307 e. The second-order valence-corrected chi connectivity index (χ2v) is 4.13. The summed E-state index contributed by atoms with van der Waals surface area (Å²) in [6.07, 6.45) is 0. The first-order chi connectivity index (χ1) is 7.59. The number of carbonyl (C=O) groups excluding carboxylic acids is 3. The fraction of sp³-hybridized carbons (Fsp3) is 0.100. The van der Waals surface area contributed by atoms with Crippen molar-refractivity contribution in [2.24, 2.45) is 0 Å². The van der Waals surface area contributed by atoms with Crippen molar-refractivity contribution in [2.75, 3.05) is 7.05 Å². The zero-order chi connectivity index (χ0) is 11.7. The second-order valence-electron chi connectivity index (χ2n) is 3.20. The molecule has 2 rings (SSSR count). The van der Waals surface area contributed by atoms with Crippen LogP contribution in [0.2, 0.25) is 0 Å². The lowest BCUT2D eigenvalue weighted by atomic mass is 10.1. The molecule has 0 saturated carbocycles. The number of nitrogens with zero attached hydrogens (tertiary/aromatic N) is 1. The minimum atomic E-state index is -0.507. The van der Waals surface area contributed by atoms with E-state index in [2.05, 4.69) is 5.43 Å². The highest BCUT2D eigenvalue weighted by molar-refractivity contribution is 8.26. The van der Waals surface area contributed by atoms with Crippen LogP contribution in [0.3, 0.4) is 0 Å². The number of nitrogens with one attached hydrogen (secondary N) is 1. The van der Waals surface area contributed by atoms with Gasteiger partial charge in [-0.15, -0.1) is 0 Å². The average Bonchev–Trinajstić information content (AvgIpc) is 2.27. The van der Waals surface area contributed by atoms with Crippen molar-refractivity contribution >= 4 is 28.0 Å². The fourth-order valence-electron chi connectivity index (χ4n) is 1.32. The molecule has 1 aliphatic rings. The topological polar surface area (TPSA) is 66.5 Å². The Bertz CT molecular complexity index is 487. The van der Waals surface area contributed by atoms with Crippen LogP contribution in [0.15, 0.2) is 24.3 Å². The van der Waals surface area contributed by atoms with Crippen molar-refractivity contribution in [3.63, 3.8) is 0 Å². The standard InChI is InChI=1S/C10H8N2O3S/c1-12-10(15)16-9(14)7-5-3-2-4-6(7)8(13)11-12/h2-5H,1H3,(H,11,13). The molecule has 0 atom stereocenters. The summed E-state index contributed by atoms with van der Waals surface area (Å²) >= 11 is 0.562. The van der Waals surface area contributed by atoms with E-state index in [1.807, 2.05) is 0 Å². The number of hydrogen-bond donors (Lipinski definition) is 1. The Labute approximate surface area is 95.8 Å². The van der Waals surface area contributed by atoms with Gasteiger partial charge in [-0.25, -0.2) is 5.01 Å². The van der Waals surface area contributed by atoms with Gasteiger partial charge in [0, 0.05) is 24.4 Å². The van der Waals surface area contributed by atoms with Crippen molar-refractivity contribution in [1.82, 2.24) is 10.4 Å². The second kappa shape index (κ2) is 3.97. The lowest BCUT2D eigenvalue weighted by Gasteiger charge is -2.20. The summed E-state index contributed by atoms with van der Waals surface area (Å²) in [6.45, 7) is 0. The Morgan fingerprint density at radius 2 is 1.75 bits per heavy atom. The Kier molecular flexibility index (Phi) is 2.66. The molecule has 0 radical (unpaired) electrons. The van der Waals surface area contributed by atoms with Crippen LogP contribution in [0.1, 0.15) is 20.7 Å². The van der Waals surface area contributed by atoms with E-state index in [4.69, 9.17) is 0 Å². The normalized spacial score (nSPS) is 16.3. The Morgan fingerprint density at radius 3 is 2.44 bits per heavy atom. The molecular weight excluding hydrogens is 228 g/mol. The number of thioether (sulfide) groups is 1. The molecule has 1 aromatic rings. The molecule has 0 aliphatic carbocycles. The first-order valence-electron chi connectivity index (χ1n) is 4.49. The zero-order valence-electron chi connectivity index (χ0n) is 8.39. The molecule has 0 bridgehead atoms. The zero-order valence-corrected chi connectivity index (χ0v) is 9.21. The van der Waals surface area contributed by atoms with Crippen molar-refractivity contribution in [1.29, 1.82) is 0 Å². The molecule has 0 spiro atoms. The lowest BCUT2D eigenvalue weighted by Crippen LogP contribution is -2.43. The van der Waals surface area contributed by atoms with E-state index in [9.17, 15) is 14.4 Å². The van der Waals surface area contributed by atoms with Gasteiger partial charge in [-0.2, -0.15) is 0 Å². The highest BCUT2D eigenvalue weighted by Gasteiger charge is 2.26. The predicted molar refractivity (Wildman–Crippen MR) is 59.0 cm³/mol. The minimum absolute atomic E-state index is 0.256. The van der Waals surface area contributed by atoms with Gasteiger partial charge in [0.1, 0.15) is 0 Å². The smallest absolute Gasteiger partial charge is 0.281 e. The molecule has 16 heavy (non-hydrogen) atoms. The fourth-order valence-corrected chi connectivity index (χ4v) is 1.95. The van der Waals surface area contributed by atoms with Crippen molar-refractivity contribution in [3.05, 3.63) is 35.4 Å². The van der Waals surface area contributed by atoms with Gasteiger partial charge in [-0.1, -0.05) is 12.1 Å². The summed E-state index contributed by atoms with van der Waals surface area (Å²) in [5, 5.41) is 0.0797. The van der Waals surface area contributed by atoms with E-state index in [0.29, 0.717) is 11.8 Å². The van der Waals surface area contributed by atoms with E-state index in [-0.39, 0.29) is 11.1 Å². The van der Waals surface area contributed by atoms with E-state index in [1.165, 1.54) is 13.1 Å². The van der Waals surface area contributed by atoms with Crippen LogP contribution in [0, 0.1) is 0 Å². The molecule has 82 valence electrons. The summed E-state index contributed by atoms with van der Waals surface area (Å²) in [7, 11) is 1.40. The van der Waals surface area contributed by atoms with Crippen LogP contribution < -0.4 is 5.43 Å². The van der Waals surface area contributed by atoms with E-state index >= 15 is 0 Å². The molecular formula is C10H8N2O3S. The SMILES string of the molecule is CN1NC(=O)c2ccccc2C(=O)SC1=O. The molecule has 1 N–H and O–H groups in total. The molecule has 0 fully saturated rings.